The third-order valence-corrected chi connectivity index (χ3v) is 6.10. The van der Waals surface area contributed by atoms with E-state index in [0.29, 0.717) is 17.9 Å². The number of urea groups is 1. The van der Waals surface area contributed by atoms with Gasteiger partial charge in [0.1, 0.15) is 0 Å². The molecule has 2 aromatic rings. The molecule has 1 aromatic carbocycles. The molecule has 1 saturated heterocycles. The number of carbonyl (C=O) groups excluding carboxylic acids is 1. The molecule has 5 nitrogen and oxygen atoms in total. The van der Waals surface area contributed by atoms with Crippen molar-refractivity contribution in [3.05, 3.63) is 65.5 Å². The van der Waals surface area contributed by atoms with Crippen LogP contribution in [-0.2, 0) is 13.0 Å². The second kappa shape index (κ2) is 6.40. The minimum Gasteiger partial charge on any atom is -0.334 e. The Hall–Kier alpha value is -2.40. The van der Waals surface area contributed by atoms with Gasteiger partial charge in [-0.15, -0.1) is 0 Å². The van der Waals surface area contributed by atoms with Crippen LogP contribution in [0.4, 0.5) is 4.79 Å². The lowest BCUT2D eigenvalue weighted by Crippen LogP contribution is -2.52. The normalized spacial score (nSPS) is 26.9. The lowest BCUT2D eigenvalue weighted by molar-refractivity contribution is 0.134. The fourth-order valence-corrected chi connectivity index (χ4v) is 4.61. The predicted molar refractivity (Wildman–Crippen MR) is 99.8 cm³/mol. The summed E-state index contributed by atoms with van der Waals surface area (Å²) in [6, 6.07) is 15.1. The van der Waals surface area contributed by atoms with Crippen LogP contribution in [0.5, 0.6) is 0 Å². The number of rotatable bonds is 3. The Balaban J connectivity index is 1.12. The average molecular weight is 348 g/mol. The molecule has 2 amide bonds. The highest BCUT2D eigenvalue weighted by atomic mass is 16.2. The number of nitrogens with one attached hydrogen (secondary N) is 1. The molecule has 2 heterocycles. The molecule has 1 aliphatic heterocycles. The van der Waals surface area contributed by atoms with Crippen molar-refractivity contribution >= 4 is 6.03 Å². The van der Waals surface area contributed by atoms with Gasteiger partial charge in [-0.05, 0) is 35.6 Å². The number of fused-ring (bicyclic) bond motifs is 3. The number of hydrogen-bond acceptors (Lipinski definition) is 3. The van der Waals surface area contributed by atoms with E-state index >= 15 is 0 Å². The number of pyridine rings is 1. The van der Waals surface area contributed by atoms with Crippen molar-refractivity contribution in [1.82, 2.24) is 20.1 Å². The van der Waals surface area contributed by atoms with E-state index in [1.165, 1.54) is 11.1 Å². The number of benzene rings is 1. The highest BCUT2D eigenvalue weighted by molar-refractivity contribution is 5.75. The van der Waals surface area contributed by atoms with E-state index in [1.807, 2.05) is 23.2 Å². The third kappa shape index (κ3) is 2.86. The summed E-state index contributed by atoms with van der Waals surface area (Å²) in [6.07, 6.45) is 2.95. The predicted octanol–water partition coefficient (Wildman–Crippen LogP) is 2.25. The van der Waals surface area contributed by atoms with E-state index in [9.17, 15) is 4.79 Å². The number of amides is 2. The Labute approximate surface area is 154 Å². The van der Waals surface area contributed by atoms with Crippen molar-refractivity contribution in [2.75, 3.05) is 26.2 Å². The number of hydrogen-bond donors (Lipinski definition) is 1. The summed E-state index contributed by atoms with van der Waals surface area (Å²) in [6.45, 7) is 4.25. The van der Waals surface area contributed by atoms with Gasteiger partial charge in [0.25, 0.3) is 0 Å². The lowest BCUT2D eigenvalue weighted by Gasteiger charge is -2.34. The van der Waals surface area contributed by atoms with Gasteiger partial charge < -0.3 is 10.2 Å². The molecule has 5 rings (SSSR count). The topological polar surface area (TPSA) is 48.5 Å². The maximum Gasteiger partial charge on any atom is 0.317 e. The van der Waals surface area contributed by atoms with Gasteiger partial charge in [-0.1, -0.05) is 30.3 Å². The fourth-order valence-electron chi connectivity index (χ4n) is 4.61. The standard InChI is InChI=1S/C21H24N4O/c26-21(23-20-18-13-15-5-1-2-7-17(15)19(18)20)25-11-9-24(10-12-25)14-16-6-3-4-8-22-16/h1-8,18-20H,9-14H2,(H,23,26)/t18-,19+,20-/m1/s1. The van der Waals surface area contributed by atoms with E-state index in [0.717, 1.165) is 44.8 Å². The Morgan fingerprint density at radius 3 is 2.69 bits per heavy atom. The van der Waals surface area contributed by atoms with Gasteiger partial charge in [0.2, 0.25) is 0 Å². The molecular weight excluding hydrogens is 324 g/mol. The maximum absolute atomic E-state index is 12.6. The molecule has 2 aliphatic carbocycles. The molecule has 3 atom stereocenters. The molecule has 26 heavy (non-hydrogen) atoms. The lowest BCUT2D eigenvalue weighted by atomic mass is 10.1. The van der Waals surface area contributed by atoms with Gasteiger partial charge in [-0.25, -0.2) is 4.79 Å². The first kappa shape index (κ1) is 15.8. The Morgan fingerprint density at radius 1 is 1.08 bits per heavy atom. The van der Waals surface area contributed by atoms with Gasteiger partial charge in [-0.3, -0.25) is 9.88 Å². The van der Waals surface area contributed by atoms with Gasteiger partial charge in [0.05, 0.1) is 5.69 Å². The smallest absolute Gasteiger partial charge is 0.317 e. The Bertz CT molecular complexity index is 801. The van der Waals surface area contributed by atoms with Crippen LogP contribution in [0.3, 0.4) is 0 Å². The van der Waals surface area contributed by atoms with Crippen molar-refractivity contribution in [1.29, 1.82) is 0 Å². The summed E-state index contributed by atoms with van der Waals surface area (Å²) in [5, 5.41) is 3.29. The van der Waals surface area contributed by atoms with Crippen LogP contribution >= 0.6 is 0 Å². The molecule has 134 valence electrons. The zero-order valence-corrected chi connectivity index (χ0v) is 14.8. The molecule has 0 unspecified atom stereocenters. The van der Waals surface area contributed by atoms with Crippen LogP contribution in [0, 0.1) is 5.92 Å². The van der Waals surface area contributed by atoms with Gasteiger partial charge in [-0.2, -0.15) is 0 Å². The maximum atomic E-state index is 12.6. The summed E-state index contributed by atoms with van der Waals surface area (Å²) in [5.41, 5.74) is 4.01. The molecule has 5 heteroatoms. The SMILES string of the molecule is O=C(N[C@@H]1[C@@H]2Cc3ccccc3[C@@H]21)N1CCN(Cc2ccccn2)CC1. The second-order valence-corrected chi connectivity index (χ2v) is 7.65. The summed E-state index contributed by atoms with van der Waals surface area (Å²) in [5.74, 6) is 1.15. The van der Waals surface area contributed by atoms with Gasteiger partial charge in [0, 0.05) is 50.9 Å². The minimum absolute atomic E-state index is 0.111. The van der Waals surface area contributed by atoms with Crippen molar-refractivity contribution in [3.63, 3.8) is 0 Å². The number of nitrogens with zero attached hydrogens (tertiary/aromatic N) is 3. The summed E-state index contributed by atoms with van der Waals surface area (Å²) in [7, 11) is 0. The quantitative estimate of drug-likeness (QED) is 0.925. The molecule has 1 aromatic heterocycles. The van der Waals surface area contributed by atoms with Gasteiger partial charge in [0.15, 0.2) is 0 Å². The second-order valence-electron chi connectivity index (χ2n) is 7.65. The highest BCUT2D eigenvalue weighted by Gasteiger charge is 2.56. The number of piperazine rings is 1. The van der Waals surface area contributed by atoms with E-state index in [4.69, 9.17) is 0 Å². The molecule has 0 bridgehead atoms. The molecule has 0 spiro atoms. The fraction of sp³-hybridized carbons (Fsp3) is 0.429. The van der Waals surface area contributed by atoms with Crippen molar-refractivity contribution in [2.24, 2.45) is 5.92 Å². The Kier molecular flexibility index (Phi) is 3.89. The zero-order chi connectivity index (χ0) is 17.5. The summed E-state index contributed by atoms with van der Waals surface area (Å²) >= 11 is 0. The van der Waals surface area contributed by atoms with Crippen molar-refractivity contribution in [3.8, 4) is 0 Å². The Morgan fingerprint density at radius 2 is 1.88 bits per heavy atom. The van der Waals surface area contributed by atoms with Crippen molar-refractivity contribution < 1.29 is 4.79 Å². The molecule has 1 saturated carbocycles. The van der Waals surface area contributed by atoms with Crippen LogP contribution in [-0.4, -0.2) is 53.0 Å². The van der Waals surface area contributed by atoms with Crippen LogP contribution in [0.25, 0.3) is 0 Å². The van der Waals surface area contributed by atoms with Gasteiger partial charge >= 0.3 is 6.03 Å². The summed E-state index contributed by atoms with van der Waals surface area (Å²) < 4.78 is 0. The monoisotopic (exact) mass is 348 g/mol. The largest absolute Gasteiger partial charge is 0.334 e. The first-order valence-corrected chi connectivity index (χ1v) is 9.55. The molecule has 0 radical (unpaired) electrons. The third-order valence-electron chi connectivity index (χ3n) is 6.10. The highest BCUT2D eigenvalue weighted by Crippen LogP contribution is 2.56. The van der Waals surface area contributed by atoms with Crippen LogP contribution < -0.4 is 5.32 Å². The molecule has 1 N–H and O–H groups in total. The minimum atomic E-state index is 0.111. The first-order chi connectivity index (χ1) is 12.8. The van der Waals surface area contributed by atoms with E-state index < -0.39 is 0 Å². The van der Waals surface area contributed by atoms with Crippen LogP contribution in [0.1, 0.15) is 22.7 Å². The van der Waals surface area contributed by atoms with Crippen LogP contribution in [0.2, 0.25) is 0 Å². The molecule has 3 aliphatic rings. The number of carbonyl (C=O) groups is 1. The summed E-state index contributed by atoms with van der Waals surface area (Å²) in [4.78, 5) is 21.4. The molecular formula is C21H24N4O. The van der Waals surface area contributed by atoms with Crippen molar-refractivity contribution in [2.45, 2.75) is 24.9 Å². The van der Waals surface area contributed by atoms with E-state index in [1.54, 1.807) is 0 Å². The van der Waals surface area contributed by atoms with E-state index in [-0.39, 0.29) is 6.03 Å². The number of aromatic nitrogens is 1. The zero-order valence-electron chi connectivity index (χ0n) is 14.8. The van der Waals surface area contributed by atoms with Crippen LogP contribution in [0.15, 0.2) is 48.7 Å². The molecule has 2 fully saturated rings. The first-order valence-electron chi connectivity index (χ1n) is 9.55. The van der Waals surface area contributed by atoms with E-state index in [2.05, 4.69) is 45.5 Å². The average Bonchev–Trinajstić information content (AvgIpc) is 3.19.